The van der Waals surface area contributed by atoms with Crippen LogP contribution in [0.1, 0.15) is 42.2 Å². The lowest BCUT2D eigenvalue weighted by atomic mass is 9.93. The Morgan fingerprint density at radius 3 is 2.75 bits per heavy atom. The molecule has 0 aromatic carbocycles. The van der Waals surface area contributed by atoms with Crippen LogP contribution in [-0.2, 0) is 0 Å². The third-order valence-corrected chi connectivity index (χ3v) is 4.95. The molecule has 2 rings (SSSR count). The number of hydrogen-bond donors (Lipinski definition) is 1. The molecule has 1 aromatic heterocycles. The van der Waals surface area contributed by atoms with Crippen LogP contribution >= 0.6 is 22.9 Å². The number of hydrogen-bond acceptors (Lipinski definition) is 2. The lowest BCUT2D eigenvalue weighted by molar-refractivity contribution is 0.599. The highest BCUT2D eigenvalue weighted by Crippen LogP contribution is 2.38. The van der Waals surface area contributed by atoms with Gasteiger partial charge in [0.1, 0.15) is 0 Å². The van der Waals surface area contributed by atoms with Crippen LogP contribution in [0.2, 0.25) is 5.02 Å². The number of rotatable bonds is 3. The van der Waals surface area contributed by atoms with Gasteiger partial charge in [-0.15, -0.1) is 11.3 Å². The van der Waals surface area contributed by atoms with E-state index in [1.165, 1.54) is 41.7 Å². The second-order valence-corrected chi connectivity index (χ2v) is 5.63. The number of nitrogens with one attached hydrogen (secondary N) is 1. The quantitative estimate of drug-likeness (QED) is 0.786. The number of likely N-dealkylation sites (N-methyl/N-ethyl adjacent to an activating group) is 1. The predicted octanol–water partition coefficient (Wildman–Crippen LogP) is 4.47. The maximum absolute atomic E-state index is 6.34. The van der Waals surface area contributed by atoms with Crippen molar-refractivity contribution in [2.75, 3.05) is 7.05 Å². The molecule has 0 saturated carbocycles. The first-order valence-corrected chi connectivity index (χ1v) is 7.09. The number of halogens is 1. The van der Waals surface area contributed by atoms with Gasteiger partial charge in [-0.1, -0.05) is 23.3 Å². The van der Waals surface area contributed by atoms with Crippen molar-refractivity contribution in [1.29, 1.82) is 0 Å². The molecular weight excluding hydrogens is 238 g/mol. The van der Waals surface area contributed by atoms with Gasteiger partial charge in [-0.3, -0.25) is 0 Å². The molecule has 0 radical (unpaired) electrons. The van der Waals surface area contributed by atoms with Crippen LogP contribution in [0.3, 0.4) is 0 Å². The molecule has 1 unspecified atom stereocenters. The van der Waals surface area contributed by atoms with Gasteiger partial charge in [0.15, 0.2) is 0 Å². The first kappa shape index (κ1) is 12.2. The fraction of sp³-hybridized carbons (Fsp3) is 0.538. The number of thiophene rings is 1. The maximum Gasteiger partial charge on any atom is 0.0643 e. The van der Waals surface area contributed by atoms with E-state index in [0.29, 0.717) is 6.04 Å². The molecule has 1 nitrogen and oxygen atoms in total. The second kappa shape index (κ2) is 5.35. The molecular formula is C13H18ClNS. The topological polar surface area (TPSA) is 12.0 Å². The van der Waals surface area contributed by atoms with Crippen molar-refractivity contribution in [3.05, 3.63) is 32.5 Å². The summed E-state index contributed by atoms with van der Waals surface area (Å²) in [4.78, 5) is 1.27. The van der Waals surface area contributed by atoms with Gasteiger partial charge in [0.2, 0.25) is 0 Å². The Kier molecular flexibility index (Phi) is 4.06. The van der Waals surface area contributed by atoms with Crippen LogP contribution in [0.4, 0.5) is 0 Å². The van der Waals surface area contributed by atoms with Gasteiger partial charge in [0.25, 0.3) is 0 Å². The molecule has 0 fully saturated rings. The SMILES string of the molecule is CNC(C1=CCCCC1)c1scc(C)c1Cl. The van der Waals surface area contributed by atoms with E-state index in [-0.39, 0.29) is 0 Å². The largest absolute Gasteiger partial charge is 0.309 e. The molecule has 1 N–H and O–H groups in total. The molecule has 16 heavy (non-hydrogen) atoms. The summed E-state index contributed by atoms with van der Waals surface area (Å²) in [6, 6.07) is 0.325. The van der Waals surface area contributed by atoms with Crippen LogP contribution in [0, 0.1) is 6.92 Å². The molecule has 0 spiro atoms. The summed E-state index contributed by atoms with van der Waals surface area (Å²) in [5, 5.41) is 6.48. The Bertz CT molecular complexity index is 395. The molecule has 0 bridgehead atoms. The van der Waals surface area contributed by atoms with Crippen molar-refractivity contribution in [3.63, 3.8) is 0 Å². The summed E-state index contributed by atoms with van der Waals surface area (Å²) in [6.45, 7) is 2.07. The summed E-state index contributed by atoms with van der Waals surface area (Å²) in [5.41, 5.74) is 2.70. The van der Waals surface area contributed by atoms with Gasteiger partial charge < -0.3 is 5.32 Å². The van der Waals surface area contributed by atoms with E-state index in [0.717, 1.165) is 5.02 Å². The second-order valence-electron chi connectivity index (χ2n) is 4.34. The van der Waals surface area contributed by atoms with E-state index in [1.807, 2.05) is 7.05 Å². The van der Waals surface area contributed by atoms with E-state index in [2.05, 4.69) is 23.7 Å². The molecule has 0 amide bonds. The van der Waals surface area contributed by atoms with Crippen molar-refractivity contribution < 1.29 is 0 Å². The zero-order chi connectivity index (χ0) is 11.5. The van der Waals surface area contributed by atoms with Crippen molar-refractivity contribution in [2.24, 2.45) is 0 Å². The van der Waals surface area contributed by atoms with Crippen molar-refractivity contribution in [1.82, 2.24) is 5.32 Å². The highest BCUT2D eigenvalue weighted by molar-refractivity contribution is 7.10. The Labute approximate surface area is 107 Å². The van der Waals surface area contributed by atoms with Crippen LogP contribution in [0.5, 0.6) is 0 Å². The van der Waals surface area contributed by atoms with E-state index in [9.17, 15) is 0 Å². The van der Waals surface area contributed by atoms with E-state index >= 15 is 0 Å². The zero-order valence-corrected chi connectivity index (χ0v) is 11.4. The fourth-order valence-electron chi connectivity index (χ4n) is 2.25. The van der Waals surface area contributed by atoms with Crippen molar-refractivity contribution in [3.8, 4) is 0 Å². The number of allylic oxidation sites excluding steroid dienone is 1. The molecule has 1 aromatic rings. The highest BCUT2D eigenvalue weighted by Gasteiger charge is 2.21. The van der Waals surface area contributed by atoms with Gasteiger partial charge in [-0.25, -0.2) is 0 Å². The van der Waals surface area contributed by atoms with Crippen LogP contribution in [0.15, 0.2) is 17.0 Å². The van der Waals surface area contributed by atoms with Crippen LogP contribution in [0.25, 0.3) is 0 Å². The van der Waals surface area contributed by atoms with Gasteiger partial charge in [-0.2, -0.15) is 0 Å². The fourth-order valence-corrected chi connectivity index (χ4v) is 3.71. The Hall–Kier alpha value is -0.310. The highest BCUT2D eigenvalue weighted by atomic mass is 35.5. The van der Waals surface area contributed by atoms with Gasteiger partial charge >= 0.3 is 0 Å². The summed E-state index contributed by atoms with van der Waals surface area (Å²) < 4.78 is 0. The average Bonchev–Trinajstić information content (AvgIpc) is 2.64. The summed E-state index contributed by atoms with van der Waals surface area (Å²) in [5.74, 6) is 0. The van der Waals surface area contributed by atoms with Gasteiger partial charge in [0, 0.05) is 4.88 Å². The molecule has 1 aliphatic rings. The number of aryl methyl sites for hydroxylation is 1. The predicted molar refractivity (Wildman–Crippen MR) is 72.4 cm³/mol. The van der Waals surface area contributed by atoms with E-state index in [1.54, 1.807) is 11.3 Å². The molecule has 0 saturated heterocycles. The molecule has 1 atom stereocenters. The normalized spacial score (nSPS) is 18.3. The first-order valence-electron chi connectivity index (χ1n) is 5.83. The lowest BCUT2D eigenvalue weighted by Gasteiger charge is -2.22. The third-order valence-electron chi connectivity index (χ3n) is 3.17. The minimum absolute atomic E-state index is 0.325. The van der Waals surface area contributed by atoms with Crippen LogP contribution in [-0.4, -0.2) is 7.05 Å². The maximum atomic E-state index is 6.34. The summed E-state index contributed by atoms with van der Waals surface area (Å²) in [6.07, 6.45) is 7.45. The minimum atomic E-state index is 0.325. The summed E-state index contributed by atoms with van der Waals surface area (Å²) >= 11 is 8.11. The Morgan fingerprint density at radius 1 is 1.44 bits per heavy atom. The average molecular weight is 256 g/mol. The lowest BCUT2D eigenvalue weighted by Crippen LogP contribution is -2.19. The smallest absolute Gasteiger partial charge is 0.0643 e. The first-order chi connectivity index (χ1) is 7.74. The Morgan fingerprint density at radius 2 is 2.25 bits per heavy atom. The third kappa shape index (κ3) is 2.34. The Balaban J connectivity index is 2.28. The minimum Gasteiger partial charge on any atom is -0.309 e. The van der Waals surface area contributed by atoms with Crippen molar-refractivity contribution >= 4 is 22.9 Å². The van der Waals surface area contributed by atoms with E-state index in [4.69, 9.17) is 11.6 Å². The van der Waals surface area contributed by atoms with Crippen LogP contribution < -0.4 is 5.32 Å². The van der Waals surface area contributed by atoms with Crippen molar-refractivity contribution in [2.45, 2.75) is 38.6 Å². The monoisotopic (exact) mass is 255 g/mol. The summed E-state index contributed by atoms with van der Waals surface area (Å²) in [7, 11) is 2.02. The molecule has 88 valence electrons. The molecule has 0 aliphatic heterocycles. The zero-order valence-electron chi connectivity index (χ0n) is 9.85. The standard InChI is InChI=1S/C13H18ClNS/c1-9-8-16-13(11(9)14)12(15-2)10-6-4-3-5-7-10/h6,8,12,15H,3-5,7H2,1-2H3. The molecule has 3 heteroatoms. The van der Waals surface area contributed by atoms with Gasteiger partial charge in [0.05, 0.1) is 11.1 Å². The van der Waals surface area contributed by atoms with E-state index < -0.39 is 0 Å². The molecule has 1 aliphatic carbocycles. The van der Waals surface area contributed by atoms with Gasteiger partial charge in [-0.05, 0) is 50.6 Å². The molecule has 1 heterocycles.